The molecule has 0 aliphatic carbocycles. The largest absolute Gasteiger partial charge is 0.480 e. The molecule has 0 fully saturated rings. The Hall–Kier alpha value is -1.98. The van der Waals surface area contributed by atoms with Gasteiger partial charge in [0.25, 0.3) is 0 Å². The van der Waals surface area contributed by atoms with E-state index in [1.807, 2.05) is 4.72 Å². The fourth-order valence-corrected chi connectivity index (χ4v) is 2.59. The maximum atomic E-state index is 13.1. The zero-order valence-electron chi connectivity index (χ0n) is 10.1. The minimum absolute atomic E-state index is 0.375. The molecule has 0 spiro atoms. The molecule has 8 heteroatoms. The van der Waals surface area contributed by atoms with Crippen LogP contribution in [0.4, 0.5) is 4.39 Å². The summed E-state index contributed by atoms with van der Waals surface area (Å²) in [6.45, 7) is 2.34. The first-order chi connectivity index (χ1) is 8.60. The number of hydrogen-bond acceptors (Lipinski definition) is 4. The van der Waals surface area contributed by atoms with Crippen LogP contribution in [0, 0.1) is 17.1 Å². The van der Waals surface area contributed by atoms with Crippen molar-refractivity contribution >= 4 is 16.0 Å². The third kappa shape index (κ3) is 3.27. The molecule has 0 radical (unpaired) electrons. The van der Waals surface area contributed by atoms with Crippen molar-refractivity contribution in [1.29, 1.82) is 5.26 Å². The van der Waals surface area contributed by atoms with Gasteiger partial charge in [-0.1, -0.05) is 0 Å². The Kier molecular flexibility index (Phi) is 3.93. The number of benzene rings is 1. The minimum Gasteiger partial charge on any atom is -0.480 e. The van der Waals surface area contributed by atoms with Crippen molar-refractivity contribution in [3.63, 3.8) is 0 Å². The number of nitrogens with one attached hydrogen (secondary N) is 1. The maximum Gasteiger partial charge on any atom is 0.324 e. The molecule has 0 heterocycles. The van der Waals surface area contributed by atoms with E-state index in [0.29, 0.717) is 0 Å². The molecule has 0 aliphatic heterocycles. The van der Waals surface area contributed by atoms with Gasteiger partial charge < -0.3 is 5.11 Å². The summed E-state index contributed by atoms with van der Waals surface area (Å²) < 4.78 is 38.9. The standard InChI is InChI=1S/C11H11FN2O4S/c1-11(2,10(15)16)14-19(17,18)8-3-4-9(12)7(5-8)6-13/h3-5,14H,1-2H3,(H,15,16). The molecule has 0 aliphatic rings. The first-order valence-electron chi connectivity index (χ1n) is 5.07. The highest BCUT2D eigenvalue weighted by atomic mass is 32.2. The van der Waals surface area contributed by atoms with Crippen LogP contribution in [-0.4, -0.2) is 25.0 Å². The number of sulfonamides is 1. The number of carbonyl (C=O) groups is 1. The van der Waals surface area contributed by atoms with Crippen molar-refractivity contribution in [2.45, 2.75) is 24.3 Å². The predicted octanol–water partition coefficient (Wildman–Crippen LogP) is 0.839. The number of nitrogens with zero attached hydrogens (tertiary/aromatic N) is 1. The van der Waals surface area contributed by atoms with Gasteiger partial charge in [-0.2, -0.15) is 9.98 Å². The molecule has 0 bridgehead atoms. The van der Waals surface area contributed by atoms with Gasteiger partial charge in [0.05, 0.1) is 10.5 Å². The van der Waals surface area contributed by atoms with E-state index < -0.39 is 32.9 Å². The number of hydrogen-bond donors (Lipinski definition) is 2. The average molecular weight is 286 g/mol. The van der Waals surface area contributed by atoms with Gasteiger partial charge in [-0.3, -0.25) is 4.79 Å². The topological polar surface area (TPSA) is 107 Å². The lowest BCUT2D eigenvalue weighted by Gasteiger charge is -2.20. The molecular weight excluding hydrogens is 275 g/mol. The quantitative estimate of drug-likeness (QED) is 0.852. The van der Waals surface area contributed by atoms with Crippen LogP contribution in [0.15, 0.2) is 23.1 Å². The highest BCUT2D eigenvalue weighted by Gasteiger charge is 2.33. The van der Waals surface area contributed by atoms with Gasteiger partial charge in [0.1, 0.15) is 17.4 Å². The fraction of sp³-hybridized carbons (Fsp3) is 0.273. The summed E-state index contributed by atoms with van der Waals surface area (Å²) in [7, 11) is -4.16. The molecule has 0 aromatic heterocycles. The molecule has 102 valence electrons. The first kappa shape index (κ1) is 15.1. The maximum absolute atomic E-state index is 13.1. The molecule has 0 atom stereocenters. The third-order valence-electron chi connectivity index (χ3n) is 2.29. The summed E-state index contributed by atoms with van der Waals surface area (Å²) in [6.07, 6.45) is 0. The highest BCUT2D eigenvalue weighted by molar-refractivity contribution is 7.89. The average Bonchev–Trinajstić information content (AvgIpc) is 2.27. The lowest BCUT2D eigenvalue weighted by molar-refractivity contribution is -0.142. The number of carboxylic acid groups (broad SMARTS) is 1. The Labute approximate surface area is 109 Å². The monoisotopic (exact) mass is 286 g/mol. The van der Waals surface area contributed by atoms with E-state index in [4.69, 9.17) is 10.4 Å². The van der Waals surface area contributed by atoms with E-state index in [1.54, 1.807) is 0 Å². The third-order valence-corrected chi connectivity index (χ3v) is 3.95. The van der Waals surface area contributed by atoms with E-state index in [2.05, 4.69) is 0 Å². The fourth-order valence-electron chi connectivity index (χ4n) is 1.20. The van der Waals surface area contributed by atoms with Gasteiger partial charge in [0.15, 0.2) is 0 Å². The van der Waals surface area contributed by atoms with Crippen LogP contribution < -0.4 is 4.72 Å². The van der Waals surface area contributed by atoms with Crippen molar-refractivity contribution in [2.24, 2.45) is 0 Å². The van der Waals surface area contributed by atoms with Crippen LogP contribution in [0.3, 0.4) is 0 Å². The second-order valence-corrected chi connectivity index (χ2v) is 5.97. The SMILES string of the molecule is CC(C)(NS(=O)(=O)c1ccc(F)c(C#N)c1)C(=O)O. The molecular formula is C11H11FN2O4S. The Morgan fingerprint density at radius 1 is 1.47 bits per heavy atom. The lowest BCUT2D eigenvalue weighted by Crippen LogP contribution is -2.49. The van der Waals surface area contributed by atoms with Crippen LogP contribution >= 0.6 is 0 Å². The van der Waals surface area contributed by atoms with E-state index in [-0.39, 0.29) is 4.90 Å². The Balaban J connectivity index is 3.23. The number of aliphatic carboxylic acids is 1. The number of carboxylic acids is 1. The van der Waals surface area contributed by atoms with Crippen molar-refractivity contribution in [1.82, 2.24) is 4.72 Å². The number of nitriles is 1. The van der Waals surface area contributed by atoms with Crippen LogP contribution in [0.1, 0.15) is 19.4 Å². The zero-order valence-corrected chi connectivity index (χ0v) is 11.0. The summed E-state index contributed by atoms with van der Waals surface area (Å²) in [6, 6.07) is 4.14. The zero-order chi connectivity index (χ0) is 14.8. The summed E-state index contributed by atoms with van der Waals surface area (Å²) in [5.74, 6) is -2.21. The predicted molar refractivity (Wildman–Crippen MR) is 63.2 cm³/mol. The van der Waals surface area contributed by atoms with E-state index in [1.165, 1.54) is 19.9 Å². The van der Waals surface area contributed by atoms with Crippen molar-refractivity contribution in [3.05, 3.63) is 29.6 Å². The molecule has 19 heavy (non-hydrogen) atoms. The molecule has 1 aromatic carbocycles. The number of rotatable bonds is 4. The van der Waals surface area contributed by atoms with Crippen LogP contribution in [0.2, 0.25) is 0 Å². The van der Waals surface area contributed by atoms with E-state index in [0.717, 1.165) is 18.2 Å². The lowest BCUT2D eigenvalue weighted by atomic mass is 10.1. The van der Waals surface area contributed by atoms with Crippen molar-refractivity contribution in [2.75, 3.05) is 0 Å². The Morgan fingerprint density at radius 3 is 2.53 bits per heavy atom. The van der Waals surface area contributed by atoms with Gasteiger partial charge in [-0.05, 0) is 32.0 Å². The van der Waals surface area contributed by atoms with Crippen LogP contribution in [0.5, 0.6) is 0 Å². The molecule has 0 amide bonds. The van der Waals surface area contributed by atoms with E-state index >= 15 is 0 Å². The normalized spacial score (nSPS) is 11.9. The minimum atomic E-state index is -4.16. The second kappa shape index (κ2) is 4.95. The van der Waals surface area contributed by atoms with Crippen LogP contribution in [-0.2, 0) is 14.8 Å². The van der Waals surface area contributed by atoms with Gasteiger partial charge in [-0.15, -0.1) is 0 Å². The summed E-state index contributed by atoms with van der Waals surface area (Å²) in [5, 5.41) is 17.5. The Bertz CT molecular complexity index is 662. The van der Waals surface area contributed by atoms with Gasteiger partial charge in [-0.25, -0.2) is 12.8 Å². The summed E-state index contributed by atoms with van der Waals surface area (Å²) >= 11 is 0. The van der Waals surface area contributed by atoms with Crippen molar-refractivity contribution < 1.29 is 22.7 Å². The molecule has 2 N–H and O–H groups in total. The number of halogens is 1. The molecule has 6 nitrogen and oxygen atoms in total. The smallest absolute Gasteiger partial charge is 0.324 e. The summed E-state index contributed by atoms with van der Waals surface area (Å²) in [5.41, 5.74) is -2.16. The highest BCUT2D eigenvalue weighted by Crippen LogP contribution is 2.16. The van der Waals surface area contributed by atoms with Gasteiger partial charge in [0, 0.05) is 0 Å². The molecule has 0 unspecified atom stereocenters. The van der Waals surface area contributed by atoms with E-state index in [9.17, 15) is 17.6 Å². The first-order valence-corrected chi connectivity index (χ1v) is 6.55. The van der Waals surface area contributed by atoms with Gasteiger partial charge in [0.2, 0.25) is 10.0 Å². The summed E-state index contributed by atoms with van der Waals surface area (Å²) in [4.78, 5) is 10.5. The molecule has 1 rings (SSSR count). The molecule has 1 aromatic rings. The van der Waals surface area contributed by atoms with Crippen molar-refractivity contribution in [3.8, 4) is 6.07 Å². The van der Waals surface area contributed by atoms with Gasteiger partial charge >= 0.3 is 5.97 Å². The molecule has 0 saturated carbocycles. The Morgan fingerprint density at radius 2 is 2.05 bits per heavy atom. The molecule has 0 saturated heterocycles. The second-order valence-electron chi connectivity index (χ2n) is 4.29. The van der Waals surface area contributed by atoms with Crippen LogP contribution in [0.25, 0.3) is 0 Å².